The maximum Gasteiger partial charge on any atom is 0.200 e. The molecule has 2 fully saturated rings. The molecule has 4 nitrogen and oxygen atoms in total. The zero-order chi connectivity index (χ0) is 19.7. The molecule has 156 valence electrons. The van der Waals surface area contributed by atoms with Crippen molar-refractivity contribution in [3.8, 4) is 5.75 Å². The maximum atomic E-state index is 14.1. The molecule has 5 rings (SSSR count). The second kappa shape index (κ2) is 9.75. The van der Waals surface area contributed by atoms with Gasteiger partial charge in [-0.25, -0.2) is 13.7 Å². The predicted octanol–water partition coefficient (Wildman–Crippen LogP) is 5.10. The number of hydrogen-bond acceptors (Lipinski definition) is 5. The molecule has 9 heteroatoms. The van der Waals surface area contributed by atoms with Crippen molar-refractivity contribution in [1.82, 2.24) is 13.9 Å². The monoisotopic (exact) mass is 437 g/mol. The molecule has 29 heavy (non-hydrogen) atoms. The second-order valence-electron chi connectivity index (χ2n) is 7.58. The van der Waals surface area contributed by atoms with Crippen molar-refractivity contribution in [2.75, 3.05) is 19.7 Å². The lowest BCUT2D eigenvalue weighted by Gasteiger charge is -2.17. The lowest BCUT2D eigenvalue weighted by atomic mass is 9.85. The van der Waals surface area contributed by atoms with Gasteiger partial charge in [0.1, 0.15) is 23.7 Å². The van der Waals surface area contributed by atoms with Crippen LogP contribution >= 0.6 is 24.1 Å². The molecule has 1 aromatic carbocycles. The number of aryl methyl sites for hydroxylation is 1. The summed E-state index contributed by atoms with van der Waals surface area (Å²) in [6.45, 7) is 2.75. The van der Waals surface area contributed by atoms with Crippen LogP contribution in [0.2, 0.25) is 5.82 Å². The van der Waals surface area contributed by atoms with Gasteiger partial charge in [0.2, 0.25) is 5.16 Å². The molecule has 3 aliphatic rings. The molecule has 2 unspecified atom stereocenters. The van der Waals surface area contributed by atoms with Crippen molar-refractivity contribution >= 4 is 31.9 Å². The van der Waals surface area contributed by atoms with Gasteiger partial charge in [0.15, 0.2) is 0 Å². The van der Waals surface area contributed by atoms with Crippen molar-refractivity contribution in [3.05, 3.63) is 35.9 Å². The number of benzene rings is 1. The first kappa shape index (κ1) is 22.5. The van der Waals surface area contributed by atoms with Gasteiger partial charge in [0.25, 0.3) is 0 Å². The number of rotatable bonds is 3. The van der Waals surface area contributed by atoms with Crippen molar-refractivity contribution in [2.45, 2.75) is 42.6 Å². The molecule has 2 radical (unpaired) electrons. The lowest BCUT2D eigenvalue weighted by molar-refractivity contribution is 0.355. The minimum atomic E-state index is -0.163. The van der Waals surface area contributed by atoms with Crippen molar-refractivity contribution in [3.63, 3.8) is 0 Å². The van der Waals surface area contributed by atoms with Crippen LogP contribution in [-0.2, 0) is 13.5 Å². The van der Waals surface area contributed by atoms with E-state index in [-0.39, 0.29) is 25.4 Å². The summed E-state index contributed by atoms with van der Waals surface area (Å²) in [5, 5.41) is 0.394. The van der Waals surface area contributed by atoms with E-state index in [0.717, 1.165) is 48.6 Å². The van der Waals surface area contributed by atoms with E-state index in [1.807, 2.05) is 6.07 Å². The van der Waals surface area contributed by atoms with Gasteiger partial charge in [-0.05, 0) is 35.4 Å². The number of imidazole rings is 1. The Balaban J connectivity index is 0.000000228. The molecule has 1 saturated carbocycles. The molecule has 3 atom stereocenters. The van der Waals surface area contributed by atoms with Crippen LogP contribution in [0.15, 0.2) is 34.6 Å². The predicted molar refractivity (Wildman–Crippen MR) is 116 cm³/mol. The topological polar surface area (TPSA) is 30.3 Å². The normalized spacial score (nSPS) is 24.9. The highest BCUT2D eigenvalue weighted by Crippen LogP contribution is 2.46. The SMILES string of the molecule is C.Cn1ccnc1SF.[B]C1CC2CN(Sc3cc4c(cc3F)OCC4)C[C@H]2C1. The highest BCUT2D eigenvalue weighted by molar-refractivity contribution is 7.97. The van der Waals surface area contributed by atoms with Gasteiger partial charge in [0.05, 0.1) is 19.3 Å². The van der Waals surface area contributed by atoms with Gasteiger partial charge in [0, 0.05) is 45.0 Å². The third kappa shape index (κ3) is 5.12. The fourth-order valence-corrected chi connectivity index (χ4v) is 5.61. The van der Waals surface area contributed by atoms with E-state index in [1.165, 1.54) is 6.07 Å². The summed E-state index contributed by atoms with van der Waals surface area (Å²) in [5.41, 5.74) is 1.13. The minimum absolute atomic E-state index is 0. The average Bonchev–Trinajstić information content (AvgIpc) is 3.40. The second-order valence-corrected chi connectivity index (χ2v) is 9.23. The lowest BCUT2D eigenvalue weighted by Crippen LogP contribution is -2.14. The molecule has 1 aromatic heterocycles. The smallest absolute Gasteiger partial charge is 0.200 e. The minimum Gasteiger partial charge on any atom is -0.493 e. The fraction of sp³-hybridized carbons (Fsp3) is 0.550. The van der Waals surface area contributed by atoms with Crippen LogP contribution in [0, 0.1) is 17.7 Å². The first-order valence-electron chi connectivity index (χ1n) is 9.43. The van der Waals surface area contributed by atoms with Crippen molar-refractivity contribution in [2.24, 2.45) is 18.9 Å². The third-order valence-corrected chi connectivity index (χ3v) is 7.17. The standard InChI is InChI=1S/C15H17BFNOS.C4H5FN2S.CH4/c16-12-3-10-7-18(8-11(10)4-12)20-15-5-9-1-2-19-14(9)6-13(15)17;1-7-3-2-6-4(7)8-5;/h5-6,10-12H,1-4,7-8H2;2-3H,1H3;1H4/t10-,11?,12?;;/m1../s1. The van der Waals surface area contributed by atoms with E-state index in [0.29, 0.717) is 29.4 Å². The van der Waals surface area contributed by atoms with E-state index >= 15 is 0 Å². The van der Waals surface area contributed by atoms with Crippen molar-refractivity contribution < 1.29 is 13.0 Å². The molecule has 1 aliphatic carbocycles. The van der Waals surface area contributed by atoms with Crippen LogP contribution < -0.4 is 4.74 Å². The van der Waals surface area contributed by atoms with Gasteiger partial charge in [-0.1, -0.05) is 26.1 Å². The van der Waals surface area contributed by atoms with Crippen LogP contribution in [0.3, 0.4) is 0 Å². The Kier molecular flexibility index (Phi) is 7.56. The molecule has 1 saturated heterocycles. The Morgan fingerprint density at radius 1 is 1.24 bits per heavy atom. The summed E-state index contributed by atoms with van der Waals surface area (Å²) in [5.74, 6) is 2.35. The first-order valence-corrected chi connectivity index (χ1v) is 10.9. The number of fused-ring (bicyclic) bond motifs is 2. The van der Waals surface area contributed by atoms with Gasteiger partial charge >= 0.3 is 0 Å². The van der Waals surface area contributed by atoms with E-state index in [1.54, 1.807) is 36.0 Å². The fourth-order valence-electron chi connectivity index (χ4n) is 4.19. The molecule has 2 aliphatic heterocycles. The van der Waals surface area contributed by atoms with E-state index in [2.05, 4.69) is 9.29 Å². The summed E-state index contributed by atoms with van der Waals surface area (Å²) in [4.78, 5) is 4.42. The Bertz CT molecular complexity index is 824. The molecule has 0 N–H and O–H groups in total. The number of hydrogen-bond donors (Lipinski definition) is 0. The van der Waals surface area contributed by atoms with Crippen LogP contribution in [0.1, 0.15) is 25.8 Å². The number of halogens is 2. The molecular formula is C20H26BF2N3OS2. The quantitative estimate of drug-likeness (QED) is 0.493. The maximum absolute atomic E-state index is 14.1. The Morgan fingerprint density at radius 3 is 2.55 bits per heavy atom. The number of nitrogens with zero attached hydrogens (tertiary/aromatic N) is 3. The highest BCUT2D eigenvalue weighted by Gasteiger charge is 2.39. The molecule has 0 bridgehead atoms. The van der Waals surface area contributed by atoms with E-state index < -0.39 is 0 Å². The van der Waals surface area contributed by atoms with Crippen LogP contribution in [0.4, 0.5) is 8.28 Å². The zero-order valence-corrected chi connectivity index (χ0v) is 17.3. The summed E-state index contributed by atoms with van der Waals surface area (Å²) in [6, 6.07) is 3.50. The van der Waals surface area contributed by atoms with E-state index in [4.69, 9.17) is 12.6 Å². The average molecular weight is 437 g/mol. The van der Waals surface area contributed by atoms with Gasteiger partial charge in [-0.3, -0.25) is 0 Å². The molecule has 2 aromatic rings. The molecular weight excluding hydrogens is 411 g/mol. The largest absolute Gasteiger partial charge is 0.493 e. The van der Waals surface area contributed by atoms with Gasteiger partial charge in [-0.2, -0.15) is 3.89 Å². The van der Waals surface area contributed by atoms with Crippen LogP contribution in [0.5, 0.6) is 5.75 Å². The van der Waals surface area contributed by atoms with Crippen LogP contribution in [0.25, 0.3) is 0 Å². The summed E-state index contributed by atoms with van der Waals surface area (Å²) in [7, 11) is 7.75. The Labute approximate surface area is 181 Å². The first-order chi connectivity index (χ1) is 13.5. The molecule has 3 heterocycles. The summed E-state index contributed by atoms with van der Waals surface area (Å²) in [6.07, 6.45) is 6.40. The number of ether oxygens (including phenoxy) is 1. The Hall–Kier alpha value is -1.19. The van der Waals surface area contributed by atoms with Crippen LogP contribution in [-0.4, -0.2) is 41.4 Å². The van der Waals surface area contributed by atoms with E-state index in [9.17, 15) is 8.28 Å². The van der Waals surface area contributed by atoms with Gasteiger partial charge in [-0.15, -0.1) is 0 Å². The number of aromatic nitrogens is 2. The summed E-state index contributed by atoms with van der Waals surface area (Å²) >= 11 is 1.72. The van der Waals surface area contributed by atoms with Gasteiger partial charge < -0.3 is 9.30 Å². The Morgan fingerprint density at radius 2 is 1.97 bits per heavy atom. The van der Waals surface area contributed by atoms with Crippen molar-refractivity contribution in [1.29, 1.82) is 0 Å². The summed E-state index contributed by atoms with van der Waals surface area (Å²) < 4.78 is 35.1. The highest BCUT2D eigenvalue weighted by atomic mass is 32.2. The zero-order valence-electron chi connectivity index (χ0n) is 15.7. The molecule has 0 spiro atoms. The molecule has 0 amide bonds. The third-order valence-electron chi connectivity index (χ3n) is 5.57.